The molecule has 0 N–H and O–H groups in total. The first-order valence-corrected chi connectivity index (χ1v) is 6.47. The number of hydrogen-bond acceptors (Lipinski definition) is 2. The van der Waals surface area contributed by atoms with Gasteiger partial charge in [0.1, 0.15) is 0 Å². The minimum absolute atomic E-state index is 0.0590. The van der Waals surface area contributed by atoms with Crippen LogP contribution in [0, 0.1) is 11.8 Å². The minimum Gasteiger partial charge on any atom is -0.293 e. The second-order valence-corrected chi connectivity index (χ2v) is 5.08. The summed E-state index contributed by atoms with van der Waals surface area (Å²) < 4.78 is 0. The quantitative estimate of drug-likeness (QED) is 0.775. The molecule has 0 radical (unpaired) electrons. The average molecular weight is 270 g/mol. The van der Waals surface area contributed by atoms with E-state index in [-0.39, 0.29) is 17.6 Å². The Morgan fingerprint density at radius 1 is 1.32 bits per heavy atom. The number of Topliss-reactive ketones (excluding diaryl/α,β-unsaturated/α-hetero) is 1. The summed E-state index contributed by atoms with van der Waals surface area (Å²) in [7, 11) is 0. The summed E-state index contributed by atoms with van der Waals surface area (Å²) in [6, 6.07) is 1.69. The molecular formula is C16H12ClNO. The Balaban J connectivity index is 2.12. The molecule has 3 rings (SSSR count). The van der Waals surface area contributed by atoms with E-state index in [1.165, 1.54) is 0 Å². The molecule has 0 saturated carbocycles. The normalized spacial score (nSPS) is 24.3. The number of aromatic nitrogens is 1. The molecule has 0 aromatic carbocycles. The summed E-state index contributed by atoms with van der Waals surface area (Å²) in [5.74, 6) is -0.0661. The summed E-state index contributed by atoms with van der Waals surface area (Å²) >= 11 is 5.94. The number of pyridine rings is 1. The SMILES string of the molecule is C=CC1=CC2C(=O)c3cc(Cl)cnc3C=CC2C=C1. The van der Waals surface area contributed by atoms with Gasteiger partial charge >= 0.3 is 0 Å². The molecule has 19 heavy (non-hydrogen) atoms. The summed E-state index contributed by atoms with van der Waals surface area (Å²) in [6.07, 6.45) is 13.2. The first kappa shape index (κ1) is 12.1. The Morgan fingerprint density at radius 3 is 2.89 bits per heavy atom. The van der Waals surface area contributed by atoms with Gasteiger partial charge in [0.15, 0.2) is 5.78 Å². The lowest BCUT2D eigenvalue weighted by atomic mass is 9.82. The fraction of sp³-hybridized carbons (Fsp3) is 0.125. The zero-order chi connectivity index (χ0) is 13.4. The minimum atomic E-state index is -0.198. The molecule has 0 amide bonds. The Kier molecular flexibility index (Phi) is 2.96. The number of rotatable bonds is 1. The van der Waals surface area contributed by atoms with E-state index in [0.29, 0.717) is 16.3 Å². The lowest BCUT2D eigenvalue weighted by Gasteiger charge is -2.20. The lowest BCUT2D eigenvalue weighted by Crippen LogP contribution is -2.21. The van der Waals surface area contributed by atoms with Gasteiger partial charge in [-0.3, -0.25) is 9.78 Å². The van der Waals surface area contributed by atoms with E-state index in [1.807, 2.05) is 30.4 Å². The maximum absolute atomic E-state index is 12.6. The van der Waals surface area contributed by atoms with Crippen LogP contribution >= 0.6 is 11.6 Å². The summed E-state index contributed by atoms with van der Waals surface area (Å²) in [6.45, 7) is 3.75. The van der Waals surface area contributed by atoms with Crippen molar-refractivity contribution in [3.05, 3.63) is 71.1 Å². The van der Waals surface area contributed by atoms with Gasteiger partial charge in [0.25, 0.3) is 0 Å². The molecule has 1 aromatic rings. The van der Waals surface area contributed by atoms with Crippen LogP contribution in [0.3, 0.4) is 0 Å². The van der Waals surface area contributed by atoms with E-state index in [9.17, 15) is 4.79 Å². The van der Waals surface area contributed by atoms with Crippen molar-refractivity contribution in [2.24, 2.45) is 11.8 Å². The van der Waals surface area contributed by atoms with Crippen molar-refractivity contribution in [3.63, 3.8) is 0 Å². The van der Waals surface area contributed by atoms with E-state index < -0.39 is 0 Å². The molecule has 2 aliphatic rings. The number of carbonyl (C=O) groups is 1. The third-order valence-electron chi connectivity index (χ3n) is 3.46. The van der Waals surface area contributed by atoms with Gasteiger partial charge in [-0.05, 0) is 17.7 Å². The number of allylic oxidation sites excluding steroid dienone is 6. The van der Waals surface area contributed by atoms with Crippen LogP contribution in [0.5, 0.6) is 0 Å². The fourth-order valence-corrected chi connectivity index (χ4v) is 2.61. The molecule has 2 atom stereocenters. The molecule has 94 valence electrons. The summed E-state index contributed by atoms with van der Waals surface area (Å²) in [5.41, 5.74) is 2.25. The number of fused-ring (bicyclic) bond motifs is 2. The highest BCUT2D eigenvalue weighted by Crippen LogP contribution is 2.32. The molecule has 0 fully saturated rings. The van der Waals surface area contributed by atoms with Crippen LogP contribution in [-0.4, -0.2) is 10.8 Å². The van der Waals surface area contributed by atoms with Crippen LogP contribution in [0.15, 0.2) is 54.8 Å². The van der Waals surface area contributed by atoms with E-state index in [1.54, 1.807) is 18.3 Å². The van der Waals surface area contributed by atoms with Crippen LogP contribution < -0.4 is 0 Å². The Hall–Kier alpha value is -1.93. The third-order valence-corrected chi connectivity index (χ3v) is 3.67. The summed E-state index contributed by atoms with van der Waals surface area (Å²) in [4.78, 5) is 16.9. The van der Waals surface area contributed by atoms with Gasteiger partial charge < -0.3 is 0 Å². The van der Waals surface area contributed by atoms with E-state index >= 15 is 0 Å². The van der Waals surface area contributed by atoms with E-state index in [2.05, 4.69) is 11.6 Å². The third kappa shape index (κ3) is 2.08. The average Bonchev–Trinajstić information content (AvgIpc) is 2.57. The second kappa shape index (κ2) is 4.63. The van der Waals surface area contributed by atoms with Gasteiger partial charge in [-0.2, -0.15) is 0 Å². The first-order valence-electron chi connectivity index (χ1n) is 6.09. The zero-order valence-electron chi connectivity index (χ0n) is 10.2. The topological polar surface area (TPSA) is 30.0 Å². The largest absolute Gasteiger partial charge is 0.293 e. The van der Waals surface area contributed by atoms with Gasteiger partial charge in [-0.1, -0.05) is 48.6 Å². The van der Waals surface area contributed by atoms with Crippen molar-refractivity contribution >= 4 is 23.5 Å². The standard InChI is InChI=1S/C16H12ClNO/c1-2-10-3-4-11-5-6-15-14(8-12(17)9-18-15)16(19)13(11)7-10/h2-9,11,13H,1H2. The molecule has 0 aliphatic heterocycles. The number of nitrogens with zero attached hydrogens (tertiary/aromatic N) is 1. The smallest absolute Gasteiger partial charge is 0.172 e. The first-order chi connectivity index (χ1) is 9.19. The molecule has 1 aromatic heterocycles. The van der Waals surface area contributed by atoms with Crippen molar-refractivity contribution in [1.29, 1.82) is 0 Å². The molecule has 2 unspecified atom stereocenters. The maximum Gasteiger partial charge on any atom is 0.172 e. The number of halogens is 1. The van der Waals surface area contributed by atoms with Gasteiger partial charge in [-0.15, -0.1) is 0 Å². The van der Waals surface area contributed by atoms with Crippen molar-refractivity contribution in [2.75, 3.05) is 0 Å². The Morgan fingerprint density at radius 2 is 2.11 bits per heavy atom. The highest BCUT2D eigenvalue weighted by Gasteiger charge is 2.30. The molecule has 2 aliphatic carbocycles. The molecule has 0 bridgehead atoms. The zero-order valence-corrected chi connectivity index (χ0v) is 11.0. The van der Waals surface area contributed by atoms with Crippen LogP contribution in [0.1, 0.15) is 16.1 Å². The van der Waals surface area contributed by atoms with Crippen molar-refractivity contribution in [1.82, 2.24) is 4.98 Å². The Labute approximate surface area is 116 Å². The molecule has 2 nitrogen and oxygen atoms in total. The van der Waals surface area contributed by atoms with Gasteiger partial charge in [-0.25, -0.2) is 0 Å². The van der Waals surface area contributed by atoms with Crippen molar-refractivity contribution in [2.45, 2.75) is 0 Å². The van der Waals surface area contributed by atoms with Gasteiger partial charge in [0.05, 0.1) is 16.6 Å². The Bertz CT molecular complexity index is 655. The predicted octanol–water partition coefficient (Wildman–Crippen LogP) is 3.86. The highest BCUT2D eigenvalue weighted by molar-refractivity contribution is 6.31. The molecule has 0 saturated heterocycles. The van der Waals surface area contributed by atoms with Crippen molar-refractivity contribution < 1.29 is 4.79 Å². The predicted molar refractivity (Wildman–Crippen MR) is 77.0 cm³/mol. The summed E-state index contributed by atoms with van der Waals surface area (Å²) in [5, 5.41) is 0.484. The van der Waals surface area contributed by atoms with Crippen molar-refractivity contribution in [3.8, 4) is 0 Å². The number of hydrogen-bond donors (Lipinski definition) is 0. The van der Waals surface area contributed by atoms with E-state index in [4.69, 9.17) is 11.6 Å². The monoisotopic (exact) mass is 269 g/mol. The highest BCUT2D eigenvalue weighted by atomic mass is 35.5. The number of carbonyl (C=O) groups excluding carboxylic acids is 1. The van der Waals surface area contributed by atoms with Crippen LogP contribution in [0.2, 0.25) is 5.02 Å². The maximum atomic E-state index is 12.6. The van der Waals surface area contributed by atoms with E-state index in [0.717, 1.165) is 5.57 Å². The second-order valence-electron chi connectivity index (χ2n) is 4.64. The van der Waals surface area contributed by atoms with Gasteiger partial charge in [0, 0.05) is 17.7 Å². The molecule has 1 heterocycles. The fourth-order valence-electron chi connectivity index (χ4n) is 2.45. The van der Waals surface area contributed by atoms with Crippen LogP contribution in [-0.2, 0) is 0 Å². The van der Waals surface area contributed by atoms with Crippen LogP contribution in [0.25, 0.3) is 6.08 Å². The molecule has 0 spiro atoms. The lowest BCUT2D eigenvalue weighted by molar-refractivity contribution is 0.0932. The number of ketones is 1. The van der Waals surface area contributed by atoms with Crippen LogP contribution in [0.4, 0.5) is 0 Å². The molecular weight excluding hydrogens is 258 g/mol. The van der Waals surface area contributed by atoms with Gasteiger partial charge in [0.2, 0.25) is 0 Å². The molecule has 3 heteroatoms.